The molecule has 0 fully saturated rings. The molecule has 1 aromatic carbocycles. The van der Waals surface area contributed by atoms with Gasteiger partial charge in [-0.25, -0.2) is 9.50 Å². The summed E-state index contributed by atoms with van der Waals surface area (Å²) < 4.78 is 39.1. The number of thioether (sulfide) groups is 1. The number of hydrogen-bond acceptors (Lipinski definition) is 3. The summed E-state index contributed by atoms with van der Waals surface area (Å²) in [6.07, 6.45) is -2.58. The van der Waals surface area contributed by atoms with Crippen LogP contribution in [0.3, 0.4) is 0 Å². The van der Waals surface area contributed by atoms with Gasteiger partial charge in [-0.3, -0.25) is 9.89 Å². The number of nitrogens with zero attached hydrogens (tertiary/aromatic N) is 2. The van der Waals surface area contributed by atoms with Gasteiger partial charge in [-0.2, -0.15) is 13.2 Å². The Balaban J connectivity index is 2.11. The van der Waals surface area contributed by atoms with E-state index in [1.165, 1.54) is 28.4 Å². The number of aromatic nitrogens is 3. The van der Waals surface area contributed by atoms with Gasteiger partial charge in [-0.15, -0.1) is 11.8 Å². The lowest BCUT2D eigenvalue weighted by Gasteiger charge is -2.06. The van der Waals surface area contributed by atoms with E-state index in [0.717, 1.165) is 12.1 Å². The highest BCUT2D eigenvalue weighted by atomic mass is 32.2. The largest absolute Gasteiger partial charge is 0.416 e. The standard InChI is InChI=1S/C15H12F3N3OS/c1-8-13(23-2)14(22)21-12(19-8)7-11(20-21)9-3-5-10(6-4-9)15(16,17)18/h3-7,20H,1-2H3. The molecule has 0 aliphatic carbocycles. The maximum absolute atomic E-state index is 12.6. The van der Waals surface area contributed by atoms with Crippen LogP contribution in [0, 0.1) is 6.92 Å². The number of nitrogens with one attached hydrogen (secondary N) is 1. The second-order valence-electron chi connectivity index (χ2n) is 4.97. The van der Waals surface area contributed by atoms with Crippen LogP contribution in [0.2, 0.25) is 0 Å². The van der Waals surface area contributed by atoms with Crippen molar-refractivity contribution in [1.29, 1.82) is 0 Å². The quantitative estimate of drug-likeness (QED) is 0.724. The lowest BCUT2D eigenvalue weighted by atomic mass is 10.1. The molecule has 4 nitrogen and oxygen atoms in total. The fourth-order valence-electron chi connectivity index (χ4n) is 2.34. The molecule has 0 aliphatic rings. The molecule has 0 unspecified atom stereocenters. The van der Waals surface area contributed by atoms with Crippen molar-refractivity contribution in [3.63, 3.8) is 0 Å². The van der Waals surface area contributed by atoms with Crippen LogP contribution in [0.25, 0.3) is 16.9 Å². The summed E-state index contributed by atoms with van der Waals surface area (Å²) in [5, 5.41) is 2.89. The molecule has 0 amide bonds. The molecular formula is C15H12F3N3OS. The van der Waals surface area contributed by atoms with Crippen LogP contribution in [0.15, 0.2) is 40.0 Å². The van der Waals surface area contributed by atoms with Crippen molar-refractivity contribution < 1.29 is 13.2 Å². The fraction of sp³-hybridized carbons (Fsp3) is 0.200. The minimum absolute atomic E-state index is 0.224. The number of hydrogen-bond donors (Lipinski definition) is 1. The van der Waals surface area contributed by atoms with Gasteiger partial charge in [0.05, 0.1) is 21.8 Å². The molecule has 3 aromatic rings. The minimum Gasteiger partial charge on any atom is -0.289 e. The maximum atomic E-state index is 12.6. The summed E-state index contributed by atoms with van der Waals surface area (Å²) in [4.78, 5) is 17.2. The molecular weight excluding hydrogens is 327 g/mol. The van der Waals surface area contributed by atoms with E-state index in [1.807, 2.05) is 0 Å². The Hall–Kier alpha value is -2.22. The molecule has 0 spiro atoms. The number of benzene rings is 1. The number of aromatic amines is 1. The summed E-state index contributed by atoms with van der Waals surface area (Å²) in [6.45, 7) is 1.75. The number of fused-ring (bicyclic) bond motifs is 1. The third kappa shape index (κ3) is 2.74. The topological polar surface area (TPSA) is 50.2 Å². The lowest BCUT2D eigenvalue weighted by Crippen LogP contribution is -2.18. The lowest BCUT2D eigenvalue weighted by molar-refractivity contribution is -0.137. The summed E-state index contributed by atoms with van der Waals surface area (Å²) in [5.74, 6) is 0. The van der Waals surface area contributed by atoms with E-state index < -0.39 is 11.7 Å². The molecule has 0 bridgehead atoms. The molecule has 2 heterocycles. The molecule has 3 rings (SSSR count). The first kappa shape index (κ1) is 15.7. The monoisotopic (exact) mass is 339 g/mol. The Kier molecular flexibility index (Phi) is 3.71. The van der Waals surface area contributed by atoms with Gasteiger partial charge < -0.3 is 0 Å². The van der Waals surface area contributed by atoms with E-state index >= 15 is 0 Å². The van der Waals surface area contributed by atoms with Crippen LogP contribution in [0.1, 0.15) is 11.3 Å². The zero-order chi connectivity index (χ0) is 16.8. The normalized spacial score (nSPS) is 12.0. The van der Waals surface area contributed by atoms with E-state index in [9.17, 15) is 18.0 Å². The molecule has 8 heteroatoms. The highest BCUT2D eigenvalue weighted by Gasteiger charge is 2.30. The van der Waals surface area contributed by atoms with Crippen molar-refractivity contribution >= 4 is 17.4 Å². The summed E-state index contributed by atoms with van der Waals surface area (Å²) >= 11 is 1.31. The number of aryl methyl sites for hydroxylation is 1. The first-order valence-corrected chi connectivity index (χ1v) is 7.87. The average Bonchev–Trinajstić information content (AvgIpc) is 2.91. The highest BCUT2D eigenvalue weighted by Crippen LogP contribution is 2.30. The van der Waals surface area contributed by atoms with E-state index in [2.05, 4.69) is 10.1 Å². The summed E-state index contributed by atoms with van der Waals surface area (Å²) in [5.41, 5.74) is 1.19. The zero-order valence-electron chi connectivity index (χ0n) is 12.2. The molecule has 120 valence electrons. The molecule has 0 radical (unpaired) electrons. The number of halogens is 3. The molecule has 0 atom stereocenters. The second kappa shape index (κ2) is 5.45. The number of rotatable bonds is 2. The second-order valence-corrected chi connectivity index (χ2v) is 5.79. The predicted molar refractivity (Wildman–Crippen MR) is 82.8 cm³/mol. The van der Waals surface area contributed by atoms with Crippen molar-refractivity contribution in [2.45, 2.75) is 18.0 Å². The van der Waals surface area contributed by atoms with Crippen LogP contribution in [0.5, 0.6) is 0 Å². The molecule has 1 N–H and O–H groups in total. The van der Waals surface area contributed by atoms with E-state index in [1.54, 1.807) is 19.2 Å². The Morgan fingerprint density at radius 2 is 1.87 bits per heavy atom. The van der Waals surface area contributed by atoms with Crippen molar-refractivity contribution in [1.82, 2.24) is 14.6 Å². The van der Waals surface area contributed by atoms with Crippen molar-refractivity contribution in [3.05, 3.63) is 51.9 Å². The van der Waals surface area contributed by atoms with E-state index in [4.69, 9.17) is 0 Å². The van der Waals surface area contributed by atoms with Crippen LogP contribution < -0.4 is 5.56 Å². The molecule has 23 heavy (non-hydrogen) atoms. The first-order valence-electron chi connectivity index (χ1n) is 6.65. The Morgan fingerprint density at radius 3 is 2.43 bits per heavy atom. The van der Waals surface area contributed by atoms with Crippen LogP contribution in [0.4, 0.5) is 13.2 Å². The van der Waals surface area contributed by atoms with Gasteiger partial charge in [0.15, 0.2) is 5.65 Å². The third-order valence-corrected chi connectivity index (χ3v) is 4.35. The van der Waals surface area contributed by atoms with Crippen LogP contribution >= 0.6 is 11.8 Å². The predicted octanol–water partition coefficient (Wildman–Crippen LogP) is 3.74. The van der Waals surface area contributed by atoms with Crippen molar-refractivity contribution in [2.24, 2.45) is 0 Å². The molecule has 0 saturated heterocycles. The van der Waals surface area contributed by atoms with Gasteiger partial charge in [0.2, 0.25) is 0 Å². The van der Waals surface area contributed by atoms with Gasteiger partial charge in [0.25, 0.3) is 5.56 Å². The fourth-order valence-corrected chi connectivity index (χ4v) is 2.95. The molecule has 0 aliphatic heterocycles. The van der Waals surface area contributed by atoms with E-state index in [0.29, 0.717) is 27.5 Å². The number of alkyl halides is 3. The third-order valence-electron chi connectivity index (χ3n) is 3.47. The average molecular weight is 339 g/mol. The zero-order valence-corrected chi connectivity index (χ0v) is 13.0. The molecule has 0 saturated carbocycles. The van der Waals surface area contributed by atoms with Gasteiger partial charge in [0, 0.05) is 6.07 Å². The van der Waals surface area contributed by atoms with Gasteiger partial charge >= 0.3 is 6.18 Å². The van der Waals surface area contributed by atoms with Gasteiger partial charge in [-0.1, -0.05) is 12.1 Å². The van der Waals surface area contributed by atoms with Crippen molar-refractivity contribution in [2.75, 3.05) is 6.26 Å². The first-order chi connectivity index (χ1) is 10.8. The summed E-state index contributed by atoms with van der Waals surface area (Å²) in [7, 11) is 0. The Labute approximate surface area is 133 Å². The Morgan fingerprint density at radius 1 is 1.22 bits per heavy atom. The smallest absolute Gasteiger partial charge is 0.289 e. The molecule has 2 aromatic heterocycles. The Bertz CT molecular complexity index is 926. The maximum Gasteiger partial charge on any atom is 0.416 e. The van der Waals surface area contributed by atoms with Crippen molar-refractivity contribution in [3.8, 4) is 11.3 Å². The van der Waals surface area contributed by atoms with Gasteiger partial charge in [-0.05, 0) is 30.9 Å². The highest BCUT2D eigenvalue weighted by molar-refractivity contribution is 7.98. The van der Waals surface area contributed by atoms with E-state index in [-0.39, 0.29) is 5.56 Å². The number of H-pyrrole nitrogens is 1. The minimum atomic E-state index is -4.37. The SMILES string of the molecule is CSc1c(C)nc2cc(-c3ccc(C(F)(F)F)cc3)[nH]n2c1=O. The van der Waals surface area contributed by atoms with Crippen LogP contribution in [-0.4, -0.2) is 20.9 Å². The summed E-state index contributed by atoms with van der Waals surface area (Å²) in [6, 6.07) is 6.38. The van der Waals surface area contributed by atoms with Gasteiger partial charge in [0.1, 0.15) is 0 Å². The van der Waals surface area contributed by atoms with Crippen LogP contribution in [-0.2, 0) is 6.18 Å².